The Balaban J connectivity index is 1.48. The number of piperidine rings is 1. The van der Waals surface area contributed by atoms with Crippen LogP contribution >= 0.6 is 0 Å². The van der Waals surface area contributed by atoms with Gasteiger partial charge in [0.25, 0.3) is 0 Å². The van der Waals surface area contributed by atoms with E-state index >= 15 is 0 Å². The minimum Gasteiger partial charge on any atom is -0.485 e. The lowest BCUT2D eigenvalue weighted by Gasteiger charge is -2.24. The van der Waals surface area contributed by atoms with E-state index in [0.717, 1.165) is 35.6 Å². The van der Waals surface area contributed by atoms with Crippen LogP contribution in [0.4, 0.5) is 0 Å². The molecule has 1 N–H and O–H groups in total. The molecule has 0 saturated carbocycles. The molecule has 0 spiro atoms. The first-order chi connectivity index (χ1) is 14.4. The molecule has 3 aromatic rings. The van der Waals surface area contributed by atoms with Crippen molar-refractivity contribution in [2.24, 2.45) is 0 Å². The fourth-order valence-electron chi connectivity index (χ4n) is 3.76. The highest BCUT2D eigenvalue weighted by molar-refractivity contribution is 5.43. The number of hydrogen-bond acceptors (Lipinski definition) is 3. The third-order valence-corrected chi connectivity index (χ3v) is 5.38. The van der Waals surface area contributed by atoms with E-state index in [1.165, 1.54) is 24.8 Å². The fourth-order valence-corrected chi connectivity index (χ4v) is 3.76. The Morgan fingerprint density at radius 2 is 1.34 bits per heavy atom. The van der Waals surface area contributed by atoms with E-state index in [4.69, 9.17) is 9.47 Å². The summed E-state index contributed by atoms with van der Waals surface area (Å²) in [6.07, 6.45) is 4.87. The average Bonchev–Trinajstić information content (AvgIpc) is 2.79. The lowest BCUT2D eigenvalue weighted by atomic mass is 9.97. The second-order valence-corrected chi connectivity index (χ2v) is 7.68. The van der Waals surface area contributed by atoms with Crippen molar-refractivity contribution in [3.05, 3.63) is 95.6 Å². The van der Waals surface area contributed by atoms with Crippen molar-refractivity contribution in [2.45, 2.75) is 44.9 Å². The van der Waals surface area contributed by atoms with E-state index in [2.05, 4.69) is 47.8 Å². The molecular weight excluding hydrogens is 358 g/mol. The number of nitrogens with one attached hydrogen (secondary N) is 1. The summed E-state index contributed by atoms with van der Waals surface area (Å²) in [5.74, 6) is 1.61. The van der Waals surface area contributed by atoms with Gasteiger partial charge in [0.1, 0.15) is 13.2 Å². The molecule has 150 valence electrons. The third-order valence-electron chi connectivity index (χ3n) is 5.38. The number of ether oxygens (including phenoxy) is 2. The Bertz CT molecular complexity index is 874. The monoisotopic (exact) mass is 387 g/mol. The van der Waals surface area contributed by atoms with Crippen LogP contribution in [0, 0.1) is 0 Å². The normalized spacial score (nSPS) is 16.3. The van der Waals surface area contributed by atoms with Crippen molar-refractivity contribution < 1.29 is 9.47 Å². The highest BCUT2D eigenvalue weighted by Crippen LogP contribution is 2.31. The molecule has 0 aromatic heterocycles. The topological polar surface area (TPSA) is 30.5 Å². The molecular formula is C26H29NO2. The summed E-state index contributed by atoms with van der Waals surface area (Å²) in [7, 11) is 0. The van der Waals surface area contributed by atoms with Crippen LogP contribution in [0.15, 0.2) is 78.9 Å². The van der Waals surface area contributed by atoms with Gasteiger partial charge in [0, 0.05) is 6.04 Å². The highest BCUT2D eigenvalue weighted by atomic mass is 16.5. The standard InChI is InChI=1S/C26H29NO2/c1-3-9-21(10-4-1)19-28-25-15-14-23(17-24-13-7-8-16-27-24)18-26(25)29-20-22-11-5-2-6-12-22/h1-6,9-12,14-15,18,24,27H,7-8,13,16-17,19-20H2. The molecule has 0 radical (unpaired) electrons. The van der Waals surface area contributed by atoms with Crippen LogP contribution in [0.3, 0.4) is 0 Å². The molecule has 4 rings (SSSR count). The molecule has 3 nitrogen and oxygen atoms in total. The first-order valence-corrected chi connectivity index (χ1v) is 10.6. The number of benzene rings is 3. The minimum atomic E-state index is 0.534. The Morgan fingerprint density at radius 1 is 0.690 bits per heavy atom. The summed E-state index contributed by atoms with van der Waals surface area (Å²) >= 11 is 0. The summed E-state index contributed by atoms with van der Waals surface area (Å²) in [5.41, 5.74) is 3.59. The molecule has 0 amide bonds. The van der Waals surface area contributed by atoms with Crippen LogP contribution in [0.25, 0.3) is 0 Å². The molecule has 3 aromatic carbocycles. The molecule has 1 unspecified atom stereocenters. The third kappa shape index (κ3) is 5.85. The van der Waals surface area contributed by atoms with Crippen LogP contribution in [0.5, 0.6) is 11.5 Å². The minimum absolute atomic E-state index is 0.534. The average molecular weight is 388 g/mol. The van der Waals surface area contributed by atoms with Gasteiger partial charge < -0.3 is 14.8 Å². The second-order valence-electron chi connectivity index (χ2n) is 7.68. The van der Waals surface area contributed by atoms with Crippen LogP contribution in [0.1, 0.15) is 36.0 Å². The maximum Gasteiger partial charge on any atom is 0.161 e. The smallest absolute Gasteiger partial charge is 0.161 e. The molecule has 1 aliphatic heterocycles. The quantitative estimate of drug-likeness (QED) is 0.551. The molecule has 29 heavy (non-hydrogen) atoms. The molecule has 1 saturated heterocycles. The summed E-state index contributed by atoms with van der Waals surface area (Å²) in [4.78, 5) is 0. The van der Waals surface area contributed by atoms with E-state index in [1.54, 1.807) is 0 Å². The number of hydrogen-bond donors (Lipinski definition) is 1. The maximum absolute atomic E-state index is 6.20. The first kappa shape index (κ1) is 19.5. The predicted molar refractivity (Wildman–Crippen MR) is 117 cm³/mol. The van der Waals surface area contributed by atoms with Crippen molar-refractivity contribution in [1.29, 1.82) is 0 Å². The van der Waals surface area contributed by atoms with Gasteiger partial charge in [-0.05, 0) is 54.6 Å². The summed E-state index contributed by atoms with van der Waals surface area (Å²) in [6.45, 7) is 2.19. The van der Waals surface area contributed by atoms with Gasteiger partial charge in [0.05, 0.1) is 0 Å². The van der Waals surface area contributed by atoms with Crippen molar-refractivity contribution in [3.63, 3.8) is 0 Å². The van der Waals surface area contributed by atoms with Crippen LogP contribution in [-0.2, 0) is 19.6 Å². The van der Waals surface area contributed by atoms with E-state index < -0.39 is 0 Å². The van der Waals surface area contributed by atoms with Gasteiger partial charge in [-0.3, -0.25) is 0 Å². The van der Waals surface area contributed by atoms with E-state index in [1.807, 2.05) is 36.4 Å². The van der Waals surface area contributed by atoms with Crippen LogP contribution in [-0.4, -0.2) is 12.6 Å². The molecule has 1 heterocycles. The Kier molecular flexibility index (Phi) is 6.82. The van der Waals surface area contributed by atoms with Gasteiger partial charge in [0.15, 0.2) is 11.5 Å². The molecule has 3 heteroatoms. The van der Waals surface area contributed by atoms with Crippen LogP contribution < -0.4 is 14.8 Å². The van der Waals surface area contributed by atoms with Crippen molar-refractivity contribution in [2.75, 3.05) is 6.54 Å². The zero-order chi connectivity index (χ0) is 19.7. The summed E-state index contributed by atoms with van der Waals surface area (Å²) < 4.78 is 12.3. The second kappa shape index (κ2) is 10.1. The Hall–Kier alpha value is -2.78. The van der Waals surface area contributed by atoms with Gasteiger partial charge in [0.2, 0.25) is 0 Å². The van der Waals surface area contributed by atoms with Crippen molar-refractivity contribution in [1.82, 2.24) is 5.32 Å². The SMILES string of the molecule is c1ccc(COc2ccc(CC3CCCCN3)cc2OCc2ccccc2)cc1. The predicted octanol–water partition coefficient (Wildman–Crippen LogP) is 5.53. The van der Waals surface area contributed by atoms with Gasteiger partial charge in [-0.25, -0.2) is 0 Å². The van der Waals surface area contributed by atoms with Crippen LogP contribution in [0.2, 0.25) is 0 Å². The largest absolute Gasteiger partial charge is 0.485 e. The molecule has 1 atom stereocenters. The maximum atomic E-state index is 6.20. The lowest BCUT2D eigenvalue weighted by Crippen LogP contribution is -2.35. The zero-order valence-electron chi connectivity index (χ0n) is 16.8. The highest BCUT2D eigenvalue weighted by Gasteiger charge is 2.15. The molecule has 0 bridgehead atoms. The first-order valence-electron chi connectivity index (χ1n) is 10.6. The van der Waals surface area contributed by atoms with Gasteiger partial charge in [-0.1, -0.05) is 73.2 Å². The Morgan fingerprint density at radius 3 is 1.97 bits per heavy atom. The molecule has 1 aliphatic rings. The summed E-state index contributed by atoms with van der Waals surface area (Å²) in [5, 5.41) is 3.63. The van der Waals surface area contributed by atoms with Gasteiger partial charge in [-0.2, -0.15) is 0 Å². The van der Waals surface area contributed by atoms with E-state index in [-0.39, 0.29) is 0 Å². The Labute approximate surface area is 173 Å². The van der Waals surface area contributed by atoms with Gasteiger partial charge >= 0.3 is 0 Å². The molecule has 0 aliphatic carbocycles. The lowest BCUT2D eigenvalue weighted by molar-refractivity contribution is 0.255. The zero-order valence-corrected chi connectivity index (χ0v) is 16.8. The molecule has 1 fully saturated rings. The number of rotatable bonds is 8. The van der Waals surface area contributed by atoms with Crippen molar-refractivity contribution >= 4 is 0 Å². The summed E-state index contributed by atoms with van der Waals surface area (Å²) in [6, 6.07) is 27.4. The van der Waals surface area contributed by atoms with E-state index in [9.17, 15) is 0 Å². The van der Waals surface area contributed by atoms with Crippen molar-refractivity contribution in [3.8, 4) is 11.5 Å². The van der Waals surface area contributed by atoms with Gasteiger partial charge in [-0.15, -0.1) is 0 Å². The van der Waals surface area contributed by atoms with E-state index in [0.29, 0.717) is 19.3 Å². The fraction of sp³-hybridized carbons (Fsp3) is 0.308.